The van der Waals surface area contributed by atoms with Crippen LogP contribution >= 0.6 is 0 Å². The van der Waals surface area contributed by atoms with Gasteiger partial charge in [-0.3, -0.25) is 4.79 Å². The molecule has 0 bridgehead atoms. The Balaban J connectivity index is 1.78. The zero-order chi connectivity index (χ0) is 9.80. The summed E-state index contributed by atoms with van der Waals surface area (Å²) < 4.78 is 0. The third-order valence-corrected chi connectivity index (χ3v) is 3.38. The minimum atomic E-state index is 0.443. The normalized spacial score (nSPS) is 22.7. The Hall–Kier alpha value is -0.590. The topological polar surface area (TPSA) is 17.1 Å². The van der Waals surface area contributed by atoms with Gasteiger partial charge < -0.3 is 0 Å². The van der Waals surface area contributed by atoms with Gasteiger partial charge in [-0.1, -0.05) is 25.3 Å². The molecule has 1 fully saturated rings. The summed E-state index contributed by atoms with van der Waals surface area (Å²) >= 11 is 0. The molecule has 0 atom stereocenters. The molecule has 2 aliphatic carbocycles. The van der Waals surface area contributed by atoms with Gasteiger partial charge in [0.2, 0.25) is 0 Å². The van der Waals surface area contributed by atoms with E-state index in [-0.39, 0.29) is 0 Å². The average Bonchev–Trinajstić information content (AvgIpc) is 3.01. The predicted molar refractivity (Wildman–Crippen MR) is 58.1 cm³/mol. The van der Waals surface area contributed by atoms with Crippen molar-refractivity contribution in [3.05, 3.63) is 11.6 Å². The fourth-order valence-corrected chi connectivity index (χ4v) is 2.17. The van der Waals surface area contributed by atoms with Crippen molar-refractivity contribution in [2.45, 2.75) is 57.8 Å². The second-order valence-corrected chi connectivity index (χ2v) is 4.73. The molecule has 0 amide bonds. The number of Topliss-reactive ketones (excluding diaryl/α,β-unsaturated/α-hetero) is 1. The Morgan fingerprint density at radius 1 is 1.29 bits per heavy atom. The van der Waals surface area contributed by atoms with Crippen LogP contribution in [-0.4, -0.2) is 5.78 Å². The minimum absolute atomic E-state index is 0.443. The third kappa shape index (κ3) is 2.97. The first-order valence-electron chi connectivity index (χ1n) is 6.08. The van der Waals surface area contributed by atoms with Gasteiger partial charge in [0, 0.05) is 6.42 Å². The Morgan fingerprint density at radius 2 is 2.14 bits per heavy atom. The molecule has 0 N–H and O–H groups in total. The van der Waals surface area contributed by atoms with Crippen LogP contribution in [0.1, 0.15) is 57.8 Å². The van der Waals surface area contributed by atoms with E-state index in [4.69, 9.17) is 0 Å². The van der Waals surface area contributed by atoms with Gasteiger partial charge in [-0.25, -0.2) is 0 Å². The second kappa shape index (κ2) is 4.77. The molecule has 1 nitrogen and oxygen atoms in total. The van der Waals surface area contributed by atoms with Crippen molar-refractivity contribution >= 4 is 5.78 Å². The van der Waals surface area contributed by atoms with Crippen molar-refractivity contribution < 1.29 is 4.79 Å². The molecule has 0 aromatic carbocycles. The van der Waals surface area contributed by atoms with Gasteiger partial charge in [0.15, 0.2) is 5.78 Å². The van der Waals surface area contributed by atoms with E-state index in [2.05, 4.69) is 6.08 Å². The van der Waals surface area contributed by atoms with Gasteiger partial charge >= 0.3 is 0 Å². The SMILES string of the molecule is O=C(CCC1CC1)C1=CCCCCC1. The van der Waals surface area contributed by atoms with Crippen LogP contribution in [-0.2, 0) is 4.79 Å². The summed E-state index contributed by atoms with van der Waals surface area (Å²) in [5, 5.41) is 0. The molecule has 2 rings (SSSR count). The van der Waals surface area contributed by atoms with Gasteiger partial charge in [0.05, 0.1) is 0 Å². The van der Waals surface area contributed by atoms with Crippen LogP contribution in [0.2, 0.25) is 0 Å². The zero-order valence-electron chi connectivity index (χ0n) is 8.93. The van der Waals surface area contributed by atoms with E-state index in [1.54, 1.807) is 0 Å². The highest BCUT2D eigenvalue weighted by Gasteiger charge is 2.22. The molecular weight excluding hydrogens is 172 g/mol. The van der Waals surface area contributed by atoms with Crippen LogP contribution in [0.15, 0.2) is 11.6 Å². The first-order valence-corrected chi connectivity index (χ1v) is 6.08. The van der Waals surface area contributed by atoms with Crippen LogP contribution in [0.5, 0.6) is 0 Å². The van der Waals surface area contributed by atoms with E-state index in [0.29, 0.717) is 5.78 Å². The van der Waals surface area contributed by atoms with E-state index in [0.717, 1.165) is 37.2 Å². The number of carbonyl (C=O) groups is 1. The minimum Gasteiger partial charge on any atom is -0.295 e. The Bertz CT molecular complexity index is 236. The Kier molecular flexibility index (Phi) is 3.39. The molecule has 0 radical (unpaired) electrons. The molecule has 2 aliphatic rings. The molecule has 0 spiro atoms. The molecule has 0 saturated heterocycles. The number of allylic oxidation sites excluding steroid dienone is 2. The first-order chi connectivity index (χ1) is 6.86. The molecule has 14 heavy (non-hydrogen) atoms. The quantitative estimate of drug-likeness (QED) is 0.664. The van der Waals surface area contributed by atoms with Gasteiger partial charge in [0.1, 0.15) is 0 Å². The fraction of sp³-hybridized carbons (Fsp3) is 0.769. The van der Waals surface area contributed by atoms with Crippen LogP contribution in [0, 0.1) is 5.92 Å². The zero-order valence-corrected chi connectivity index (χ0v) is 8.93. The molecule has 78 valence electrons. The summed E-state index contributed by atoms with van der Waals surface area (Å²) in [6, 6.07) is 0. The van der Waals surface area contributed by atoms with Crippen molar-refractivity contribution in [2.24, 2.45) is 5.92 Å². The van der Waals surface area contributed by atoms with Gasteiger partial charge in [0.25, 0.3) is 0 Å². The van der Waals surface area contributed by atoms with Crippen molar-refractivity contribution in [3.63, 3.8) is 0 Å². The van der Waals surface area contributed by atoms with Crippen LogP contribution < -0.4 is 0 Å². The van der Waals surface area contributed by atoms with E-state index >= 15 is 0 Å². The number of ketones is 1. The molecule has 1 saturated carbocycles. The lowest BCUT2D eigenvalue weighted by Crippen LogP contribution is -2.02. The van der Waals surface area contributed by atoms with Crippen LogP contribution in [0.3, 0.4) is 0 Å². The summed E-state index contributed by atoms with van der Waals surface area (Å²) in [7, 11) is 0. The summed E-state index contributed by atoms with van der Waals surface area (Å²) in [5.41, 5.74) is 1.14. The van der Waals surface area contributed by atoms with Crippen molar-refractivity contribution in [1.29, 1.82) is 0 Å². The van der Waals surface area contributed by atoms with Gasteiger partial charge in [-0.2, -0.15) is 0 Å². The molecular formula is C13H20O. The van der Waals surface area contributed by atoms with Crippen molar-refractivity contribution in [3.8, 4) is 0 Å². The summed E-state index contributed by atoms with van der Waals surface area (Å²) in [6.07, 6.45) is 12.9. The summed E-state index contributed by atoms with van der Waals surface area (Å²) in [4.78, 5) is 11.8. The lowest BCUT2D eigenvalue weighted by molar-refractivity contribution is -0.115. The monoisotopic (exact) mass is 192 g/mol. The number of hydrogen-bond acceptors (Lipinski definition) is 1. The maximum absolute atomic E-state index is 11.8. The molecule has 0 aromatic heterocycles. The number of hydrogen-bond donors (Lipinski definition) is 0. The smallest absolute Gasteiger partial charge is 0.158 e. The second-order valence-electron chi connectivity index (χ2n) is 4.73. The fourth-order valence-electron chi connectivity index (χ4n) is 2.17. The van der Waals surface area contributed by atoms with E-state index < -0.39 is 0 Å². The Morgan fingerprint density at radius 3 is 2.93 bits per heavy atom. The summed E-state index contributed by atoms with van der Waals surface area (Å²) in [6.45, 7) is 0. The highest BCUT2D eigenvalue weighted by Crippen LogP contribution is 2.34. The van der Waals surface area contributed by atoms with E-state index in [9.17, 15) is 4.79 Å². The molecule has 1 heteroatoms. The lowest BCUT2D eigenvalue weighted by atomic mass is 10.0. The van der Waals surface area contributed by atoms with E-state index in [1.807, 2.05) is 0 Å². The van der Waals surface area contributed by atoms with Crippen LogP contribution in [0.25, 0.3) is 0 Å². The van der Waals surface area contributed by atoms with Crippen molar-refractivity contribution in [2.75, 3.05) is 0 Å². The van der Waals surface area contributed by atoms with Gasteiger partial charge in [-0.05, 0) is 43.6 Å². The van der Waals surface area contributed by atoms with Crippen molar-refractivity contribution in [1.82, 2.24) is 0 Å². The van der Waals surface area contributed by atoms with Crippen LogP contribution in [0.4, 0.5) is 0 Å². The molecule has 0 unspecified atom stereocenters. The highest BCUT2D eigenvalue weighted by molar-refractivity contribution is 5.95. The highest BCUT2D eigenvalue weighted by atomic mass is 16.1. The molecule has 0 aromatic rings. The molecule has 0 heterocycles. The maximum atomic E-state index is 11.8. The lowest BCUT2D eigenvalue weighted by Gasteiger charge is -2.03. The summed E-state index contributed by atoms with van der Waals surface area (Å²) in [5.74, 6) is 1.34. The third-order valence-electron chi connectivity index (χ3n) is 3.38. The number of rotatable bonds is 4. The number of carbonyl (C=O) groups excluding carboxylic acids is 1. The predicted octanol–water partition coefficient (Wildman–Crippen LogP) is 3.64. The Labute approximate surface area is 86.6 Å². The largest absolute Gasteiger partial charge is 0.295 e. The first kappa shape index (κ1) is 9.95. The average molecular weight is 192 g/mol. The maximum Gasteiger partial charge on any atom is 0.158 e. The van der Waals surface area contributed by atoms with Gasteiger partial charge in [-0.15, -0.1) is 0 Å². The van der Waals surface area contributed by atoms with E-state index in [1.165, 1.54) is 32.1 Å². The standard InChI is InChI=1S/C13H20O/c14-13(10-9-11-7-8-11)12-5-3-1-2-4-6-12/h5,11H,1-4,6-10H2. The molecule has 0 aliphatic heterocycles.